The summed E-state index contributed by atoms with van der Waals surface area (Å²) in [6, 6.07) is 9.31. The number of amides is 3. The average molecular weight is 417 g/mol. The van der Waals surface area contributed by atoms with Crippen LogP contribution >= 0.6 is 0 Å². The van der Waals surface area contributed by atoms with Gasteiger partial charge in [-0.2, -0.15) is 0 Å². The highest BCUT2D eigenvalue weighted by Crippen LogP contribution is 2.38. The number of methoxy groups -OCH3 is 3. The van der Waals surface area contributed by atoms with Crippen molar-refractivity contribution < 1.29 is 33.3 Å². The number of nitrogens with one attached hydrogen (secondary N) is 2. The molecule has 2 rings (SSSR count). The molecule has 0 aliphatic carbocycles. The lowest BCUT2D eigenvalue weighted by Gasteiger charge is -2.14. The molecule has 10 nitrogen and oxygen atoms in total. The molecule has 0 radical (unpaired) electrons. The Labute approximate surface area is 173 Å². The molecule has 10 heteroatoms. The fourth-order valence-corrected chi connectivity index (χ4v) is 2.47. The molecule has 0 aromatic heterocycles. The SMILES string of the molecule is COc1cc(C(=O)NCC(=O)Nc2ccc(OCC(N)=O)cc2)cc(OC)c1OC. The molecule has 2 aromatic carbocycles. The average Bonchev–Trinajstić information content (AvgIpc) is 2.75. The summed E-state index contributed by atoms with van der Waals surface area (Å²) in [5.41, 5.74) is 5.74. The van der Waals surface area contributed by atoms with E-state index in [0.717, 1.165) is 0 Å². The molecule has 0 atom stereocenters. The smallest absolute Gasteiger partial charge is 0.255 e. The van der Waals surface area contributed by atoms with E-state index in [0.29, 0.717) is 28.7 Å². The quantitative estimate of drug-likeness (QED) is 0.523. The lowest BCUT2D eigenvalue weighted by atomic mass is 10.1. The fraction of sp³-hybridized carbons (Fsp3) is 0.250. The minimum absolute atomic E-state index is 0.237. The zero-order valence-corrected chi connectivity index (χ0v) is 16.8. The number of primary amides is 1. The van der Waals surface area contributed by atoms with Gasteiger partial charge in [0.05, 0.1) is 27.9 Å². The lowest BCUT2D eigenvalue weighted by Crippen LogP contribution is -2.32. The molecular formula is C20H23N3O7. The van der Waals surface area contributed by atoms with Gasteiger partial charge in [0.25, 0.3) is 11.8 Å². The Morgan fingerprint density at radius 3 is 2.03 bits per heavy atom. The molecule has 0 bridgehead atoms. The Hall–Kier alpha value is -3.95. The van der Waals surface area contributed by atoms with E-state index in [1.54, 1.807) is 24.3 Å². The minimum Gasteiger partial charge on any atom is -0.493 e. The Balaban J connectivity index is 1.94. The number of benzene rings is 2. The summed E-state index contributed by atoms with van der Waals surface area (Å²) in [5, 5.41) is 5.16. The molecule has 0 heterocycles. The molecule has 2 aromatic rings. The molecule has 0 fully saturated rings. The van der Waals surface area contributed by atoms with Gasteiger partial charge in [-0.25, -0.2) is 0 Å². The summed E-state index contributed by atoms with van der Waals surface area (Å²) in [5.74, 6) is -0.0633. The van der Waals surface area contributed by atoms with Crippen molar-refractivity contribution in [3.05, 3.63) is 42.0 Å². The molecule has 0 aliphatic heterocycles. The maximum atomic E-state index is 12.4. The molecule has 0 saturated carbocycles. The maximum absolute atomic E-state index is 12.4. The standard InChI is InChI=1S/C20H23N3O7/c1-27-15-8-12(9-16(28-2)19(15)29-3)20(26)22-10-18(25)23-13-4-6-14(7-5-13)30-11-17(21)24/h4-9H,10-11H2,1-3H3,(H2,21,24)(H,22,26)(H,23,25). The van der Waals surface area contributed by atoms with E-state index in [-0.39, 0.29) is 18.7 Å². The second-order valence-corrected chi connectivity index (χ2v) is 5.92. The highest BCUT2D eigenvalue weighted by atomic mass is 16.5. The number of nitrogens with two attached hydrogens (primary N) is 1. The number of ether oxygens (including phenoxy) is 4. The first-order chi connectivity index (χ1) is 14.4. The van der Waals surface area contributed by atoms with Crippen LogP contribution in [0.4, 0.5) is 5.69 Å². The molecule has 30 heavy (non-hydrogen) atoms. The highest BCUT2D eigenvalue weighted by Gasteiger charge is 2.17. The molecule has 0 saturated heterocycles. The predicted octanol–water partition coefficient (Wildman–Crippen LogP) is 0.945. The summed E-state index contributed by atoms with van der Waals surface area (Å²) < 4.78 is 20.8. The van der Waals surface area contributed by atoms with Crippen LogP contribution in [0.5, 0.6) is 23.0 Å². The van der Waals surface area contributed by atoms with Gasteiger partial charge in [0.1, 0.15) is 5.75 Å². The van der Waals surface area contributed by atoms with E-state index in [4.69, 9.17) is 24.7 Å². The van der Waals surface area contributed by atoms with Crippen LogP contribution < -0.4 is 35.3 Å². The van der Waals surface area contributed by atoms with Crippen molar-refractivity contribution in [1.29, 1.82) is 0 Å². The van der Waals surface area contributed by atoms with E-state index in [1.165, 1.54) is 33.5 Å². The van der Waals surface area contributed by atoms with Crippen molar-refractivity contribution >= 4 is 23.4 Å². The number of anilines is 1. The van der Waals surface area contributed by atoms with Gasteiger partial charge in [0.2, 0.25) is 11.7 Å². The zero-order valence-electron chi connectivity index (χ0n) is 16.8. The van der Waals surface area contributed by atoms with Crippen molar-refractivity contribution in [2.45, 2.75) is 0 Å². The normalized spacial score (nSPS) is 9.97. The zero-order chi connectivity index (χ0) is 22.1. The number of rotatable bonds is 10. The van der Waals surface area contributed by atoms with Crippen molar-refractivity contribution in [3.63, 3.8) is 0 Å². The van der Waals surface area contributed by atoms with Crippen molar-refractivity contribution in [2.24, 2.45) is 5.73 Å². The van der Waals surface area contributed by atoms with E-state index in [9.17, 15) is 14.4 Å². The fourth-order valence-electron chi connectivity index (χ4n) is 2.47. The van der Waals surface area contributed by atoms with Gasteiger partial charge in [0.15, 0.2) is 18.1 Å². The molecule has 3 amide bonds. The van der Waals surface area contributed by atoms with E-state index in [1.807, 2.05) is 0 Å². The van der Waals surface area contributed by atoms with E-state index >= 15 is 0 Å². The van der Waals surface area contributed by atoms with Gasteiger partial charge < -0.3 is 35.3 Å². The van der Waals surface area contributed by atoms with Crippen molar-refractivity contribution in [3.8, 4) is 23.0 Å². The van der Waals surface area contributed by atoms with Crippen LogP contribution in [-0.2, 0) is 9.59 Å². The largest absolute Gasteiger partial charge is 0.493 e. The monoisotopic (exact) mass is 417 g/mol. The Kier molecular flexibility index (Phi) is 7.86. The summed E-state index contributed by atoms with van der Waals surface area (Å²) in [6.07, 6.45) is 0. The van der Waals surface area contributed by atoms with Crippen LogP contribution in [0.25, 0.3) is 0 Å². The third-order valence-electron chi connectivity index (χ3n) is 3.86. The Bertz CT molecular complexity index is 888. The molecule has 0 aliphatic rings. The van der Waals surface area contributed by atoms with Crippen LogP contribution in [0.2, 0.25) is 0 Å². The van der Waals surface area contributed by atoms with Crippen molar-refractivity contribution in [1.82, 2.24) is 5.32 Å². The first-order valence-electron chi connectivity index (χ1n) is 8.77. The van der Waals surface area contributed by atoms with Gasteiger partial charge in [-0.05, 0) is 36.4 Å². The molecule has 0 spiro atoms. The van der Waals surface area contributed by atoms with Crippen LogP contribution in [0.15, 0.2) is 36.4 Å². The molecule has 160 valence electrons. The Morgan fingerprint density at radius 1 is 0.933 bits per heavy atom. The van der Waals surface area contributed by atoms with E-state index < -0.39 is 17.7 Å². The minimum atomic E-state index is -0.588. The Morgan fingerprint density at radius 2 is 1.53 bits per heavy atom. The van der Waals surface area contributed by atoms with Gasteiger partial charge >= 0.3 is 0 Å². The van der Waals surface area contributed by atoms with Gasteiger partial charge in [-0.3, -0.25) is 14.4 Å². The first kappa shape index (κ1) is 22.3. The van der Waals surface area contributed by atoms with Gasteiger partial charge in [-0.1, -0.05) is 0 Å². The third-order valence-corrected chi connectivity index (χ3v) is 3.86. The molecule has 4 N–H and O–H groups in total. The third kappa shape index (κ3) is 6.03. The van der Waals surface area contributed by atoms with Gasteiger partial charge in [0, 0.05) is 11.3 Å². The van der Waals surface area contributed by atoms with Crippen LogP contribution in [0.3, 0.4) is 0 Å². The summed E-state index contributed by atoms with van der Waals surface area (Å²) in [4.78, 5) is 35.2. The predicted molar refractivity (Wildman–Crippen MR) is 108 cm³/mol. The number of hydrogen-bond donors (Lipinski definition) is 3. The first-order valence-corrected chi connectivity index (χ1v) is 8.77. The van der Waals surface area contributed by atoms with Crippen LogP contribution in [0, 0.1) is 0 Å². The van der Waals surface area contributed by atoms with E-state index in [2.05, 4.69) is 10.6 Å². The highest BCUT2D eigenvalue weighted by molar-refractivity contribution is 6.00. The second kappa shape index (κ2) is 10.6. The topological polar surface area (TPSA) is 138 Å². The van der Waals surface area contributed by atoms with Crippen LogP contribution in [-0.4, -0.2) is 52.2 Å². The molecule has 0 unspecified atom stereocenters. The maximum Gasteiger partial charge on any atom is 0.255 e. The molecular weight excluding hydrogens is 394 g/mol. The lowest BCUT2D eigenvalue weighted by molar-refractivity contribution is -0.120. The summed E-state index contributed by atoms with van der Waals surface area (Å²) in [7, 11) is 4.34. The van der Waals surface area contributed by atoms with Crippen LogP contribution in [0.1, 0.15) is 10.4 Å². The summed E-state index contributed by atoms with van der Waals surface area (Å²) in [6.45, 7) is -0.492. The van der Waals surface area contributed by atoms with Crippen molar-refractivity contribution in [2.75, 3.05) is 39.8 Å². The number of hydrogen-bond acceptors (Lipinski definition) is 7. The number of carbonyl (C=O) groups excluding carboxylic acids is 3. The van der Waals surface area contributed by atoms with Gasteiger partial charge in [-0.15, -0.1) is 0 Å². The summed E-state index contributed by atoms with van der Waals surface area (Å²) >= 11 is 0. The number of carbonyl (C=O) groups is 3. The second-order valence-electron chi connectivity index (χ2n) is 5.92.